The van der Waals surface area contributed by atoms with Crippen LogP contribution in [0.2, 0.25) is 0 Å². The topological polar surface area (TPSA) is 83.6 Å². The number of aliphatic carboxylic acids is 1. The van der Waals surface area contributed by atoms with Gasteiger partial charge in [0.1, 0.15) is 5.54 Å². The average Bonchev–Trinajstić information content (AvgIpc) is 2.81. The Hall–Kier alpha value is -1.10. The Bertz CT molecular complexity index is 364. The molecule has 2 fully saturated rings. The van der Waals surface area contributed by atoms with Crippen LogP contribution in [0, 0.1) is 11.8 Å². The molecular weight excluding hydrogens is 244 g/mol. The predicted octanol–water partition coefficient (Wildman–Crippen LogP) is 1.22. The number of carbonyl (C=O) groups is 2. The van der Waals surface area contributed by atoms with Gasteiger partial charge in [0.25, 0.3) is 0 Å². The lowest BCUT2D eigenvalue weighted by molar-refractivity contribution is -0.157. The van der Waals surface area contributed by atoms with Crippen molar-refractivity contribution in [3.8, 4) is 0 Å². The molecule has 0 spiro atoms. The van der Waals surface area contributed by atoms with Crippen molar-refractivity contribution in [2.24, 2.45) is 17.6 Å². The second-order valence-electron chi connectivity index (χ2n) is 6.13. The monoisotopic (exact) mass is 268 g/mol. The van der Waals surface area contributed by atoms with Gasteiger partial charge in [0, 0.05) is 12.5 Å². The van der Waals surface area contributed by atoms with Crippen LogP contribution in [0.25, 0.3) is 0 Å². The minimum Gasteiger partial charge on any atom is -0.480 e. The second-order valence-corrected chi connectivity index (χ2v) is 6.13. The molecule has 0 radical (unpaired) electrons. The van der Waals surface area contributed by atoms with Gasteiger partial charge in [0.2, 0.25) is 5.91 Å². The number of carboxylic acid groups (broad SMARTS) is 1. The molecule has 1 unspecified atom stereocenters. The van der Waals surface area contributed by atoms with Crippen LogP contribution in [0.15, 0.2) is 0 Å². The number of likely N-dealkylation sites (tertiary alicyclic amines) is 1. The first kappa shape index (κ1) is 14.3. The van der Waals surface area contributed by atoms with Crippen LogP contribution in [-0.4, -0.2) is 40.5 Å². The first-order valence-electron chi connectivity index (χ1n) is 7.24. The third-order valence-electron chi connectivity index (χ3n) is 4.90. The number of carboxylic acids is 1. The van der Waals surface area contributed by atoms with Gasteiger partial charge >= 0.3 is 5.97 Å². The summed E-state index contributed by atoms with van der Waals surface area (Å²) in [5.41, 5.74) is 4.66. The summed E-state index contributed by atoms with van der Waals surface area (Å²) in [6.45, 7) is 2.95. The molecule has 19 heavy (non-hydrogen) atoms. The first-order chi connectivity index (χ1) is 8.99. The first-order valence-corrected chi connectivity index (χ1v) is 7.24. The molecule has 1 heterocycles. The van der Waals surface area contributed by atoms with E-state index in [0.29, 0.717) is 25.4 Å². The Morgan fingerprint density at radius 2 is 1.95 bits per heavy atom. The molecule has 1 saturated heterocycles. The summed E-state index contributed by atoms with van der Waals surface area (Å²) in [5.74, 6) is -0.306. The fraction of sp³-hybridized carbons (Fsp3) is 0.857. The van der Waals surface area contributed by atoms with Crippen LogP contribution in [0.1, 0.15) is 45.4 Å². The third kappa shape index (κ3) is 2.61. The van der Waals surface area contributed by atoms with E-state index in [-0.39, 0.29) is 11.8 Å². The van der Waals surface area contributed by atoms with E-state index in [2.05, 4.69) is 0 Å². The van der Waals surface area contributed by atoms with E-state index >= 15 is 0 Å². The van der Waals surface area contributed by atoms with Crippen molar-refractivity contribution in [3.63, 3.8) is 0 Å². The molecule has 1 aliphatic carbocycles. The molecule has 0 aromatic rings. The molecule has 0 aromatic carbocycles. The maximum Gasteiger partial charge on any atom is 0.329 e. The molecule has 0 aromatic heterocycles. The standard InChI is InChI=1S/C14H24N2O3/c1-14(13(18)19)7-2-8-16(14)12(17)11-5-3-10(9-15)4-6-11/h10-11H,2-9,15H2,1H3,(H,18,19). The summed E-state index contributed by atoms with van der Waals surface area (Å²) < 4.78 is 0. The molecule has 2 rings (SSSR count). The quantitative estimate of drug-likeness (QED) is 0.806. The van der Waals surface area contributed by atoms with Crippen LogP contribution in [-0.2, 0) is 9.59 Å². The minimum absolute atomic E-state index is 0.000394. The van der Waals surface area contributed by atoms with Crippen LogP contribution in [0.5, 0.6) is 0 Å². The Morgan fingerprint density at radius 1 is 1.32 bits per heavy atom. The van der Waals surface area contributed by atoms with Crippen LogP contribution in [0.4, 0.5) is 0 Å². The summed E-state index contributed by atoms with van der Waals surface area (Å²) in [5, 5.41) is 9.36. The number of hydrogen-bond acceptors (Lipinski definition) is 3. The molecular formula is C14H24N2O3. The van der Waals surface area contributed by atoms with Gasteiger partial charge in [-0.1, -0.05) is 0 Å². The normalized spacial score (nSPS) is 35.4. The summed E-state index contributed by atoms with van der Waals surface area (Å²) in [6.07, 6.45) is 5.04. The molecule has 108 valence electrons. The van der Waals surface area contributed by atoms with Gasteiger partial charge in [0.05, 0.1) is 0 Å². The van der Waals surface area contributed by atoms with Crippen LogP contribution in [0.3, 0.4) is 0 Å². The third-order valence-corrected chi connectivity index (χ3v) is 4.90. The number of rotatable bonds is 3. The largest absolute Gasteiger partial charge is 0.480 e. The Balaban J connectivity index is 2.02. The van der Waals surface area contributed by atoms with E-state index in [0.717, 1.165) is 32.1 Å². The van der Waals surface area contributed by atoms with Crippen molar-refractivity contribution in [2.45, 2.75) is 51.0 Å². The van der Waals surface area contributed by atoms with Gasteiger partial charge in [-0.2, -0.15) is 0 Å². The molecule has 0 bridgehead atoms. The molecule has 1 saturated carbocycles. The highest BCUT2D eigenvalue weighted by molar-refractivity contribution is 5.88. The smallest absolute Gasteiger partial charge is 0.329 e. The zero-order chi connectivity index (χ0) is 14.0. The Morgan fingerprint density at radius 3 is 2.47 bits per heavy atom. The van der Waals surface area contributed by atoms with E-state index in [1.54, 1.807) is 11.8 Å². The maximum atomic E-state index is 12.5. The molecule has 5 nitrogen and oxygen atoms in total. The molecule has 5 heteroatoms. The summed E-state index contributed by atoms with van der Waals surface area (Å²) >= 11 is 0. The number of amides is 1. The molecule has 3 N–H and O–H groups in total. The lowest BCUT2D eigenvalue weighted by atomic mass is 9.81. The van der Waals surface area contributed by atoms with Crippen LogP contribution < -0.4 is 5.73 Å². The number of carbonyl (C=O) groups excluding carboxylic acids is 1. The van der Waals surface area contributed by atoms with Crippen molar-refractivity contribution in [1.29, 1.82) is 0 Å². The van der Waals surface area contributed by atoms with E-state index < -0.39 is 11.5 Å². The van der Waals surface area contributed by atoms with Gasteiger partial charge < -0.3 is 15.7 Å². The average molecular weight is 268 g/mol. The van der Waals surface area contributed by atoms with Crippen molar-refractivity contribution in [1.82, 2.24) is 4.90 Å². The lowest BCUT2D eigenvalue weighted by Crippen LogP contribution is -2.53. The SMILES string of the molecule is CC1(C(=O)O)CCCN1C(=O)C1CCC(CN)CC1. The van der Waals surface area contributed by atoms with E-state index in [1.165, 1.54) is 0 Å². The van der Waals surface area contributed by atoms with Crippen LogP contribution >= 0.6 is 0 Å². The highest BCUT2D eigenvalue weighted by atomic mass is 16.4. The number of hydrogen-bond donors (Lipinski definition) is 2. The Kier molecular flexibility index (Phi) is 4.13. The highest BCUT2D eigenvalue weighted by Crippen LogP contribution is 2.35. The molecule has 1 aliphatic heterocycles. The summed E-state index contributed by atoms with van der Waals surface area (Å²) in [4.78, 5) is 25.6. The zero-order valence-electron chi connectivity index (χ0n) is 11.6. The van der Waals surface area contributed by atoms with E-state index in [4.69, 9.17) is 5.73 Å². The predicted molar refractivity (Wildman–Crippen MR) is 71.5 cm³/mol. The number of nitrogens with zero attached hydrogens (tertiary/aromatic N) is 1. The second kappa shape index (κ2) is 5.49. The zero-order valence-corrected chi connectivity index (χ0v) is 11.6. The molecule has 2 aliphatic rings. The maximum absolute atomic E-state index is 12.5. The van der Waals surface area contributed by atoms with Crippen molar-refractivity contribution in [2.75, 3.05) is 13.1 Å². The lowest BCUT2D eigenvalue weighted by Gasteiger charge is -2.36. The Labute approximate surface area is 114 Å². The van der Waals surface area contributed by atoms with Crippen molar-refractivity contribution < 1.29 is 14.7 Å². The van der Waals surface area contributed by atoms with Gasteiger partial charge in [-0.3, -0.25) is 4.79 Å². The summed E-state index contributed by atoms with van der Waals surface area (Å²) in [7, 11) is 0. The van der Waals surface area contributed by atoms with Gasteiger partial charge in [-0.15, -0.1) is 0 Å². The highest BCUT2D eigenvalue weighted by Gasteiger charge is 2.47. The van der Waals surface area contributed by atoms with E-state index in [1.807, 2.05) is 0 Å². The fourth-order valence-electron chi connectivity index (χ4n) is 3.40. The van der Waals surface area contributed by atoms with Crippen molar-refractivity contribution >= 4 is 11.9 Å². The minimum atomic E-state index is -0.998. The fourth-order valence-corrected chi connectivity index (χ4v) is 3.40. The van der Waals surface area contributed by atoms with Gasteiger partial charge in [-0.25, -0.2) is 4.79 Å². The molecule has 1 atom stereocenters. The number of nitrogens with two attached hydrogens (primary N) is 1. The summed E-state index contributed by atoms with van der Waals surface area (Å²) in [6, 6.07) is 0. The van der Waals surface area contributed by atoms with Crippen molar-refractivity contribution in [3.05, 3.63) is 0 Å². The van der Waals surface area contributed by atoms with Gasteiger partial charge in [-0.05, 0) is 57.9 Å². The van der Waals surface area contributed by atoms with Gasteiger partial charge in [0.15, 0.2) is 0 Å². The van der Waals surface area contributed by atoms with E-state index in [9.17, 15) is 14.7 Å². The molecule has 1 amide bonds.